The quantitative estimate of drug-likeness (QED) is 0.745. The van der Waals surface area contributed by atoms with E-state index in [1.165, 1.54) is 19.4 Å². The molecule has 5 nitrogen and oxygen atoms in total. The number of ether oxygens (including phenoxy) is 1. The zero-order chi connectivity index (χ0) is 14.5. The number of esters is 1. The minimum Gasteiger partial charge on any atom is -0.465 e. The van der Waals surface area contributed by atoms with Crippen molar-refractivity contribution < 1.29 is 17.9 Å². The topological polar surface area (TPSA) is 73.3 Å². The molecule has 1 atom stereocenters. The molecule has 1 heterocycles. The monoisotopic (exact) mass is 285 g/mol. The van der Waals surface area contributed by atoms with Crippen molar-refractivity contribution in [1.82, 2.24) is 4.98 Å². The molecule has 1 rings (SSSR count). The number of aromatic nitrogens is 1. The number of pyridine rings is 1. The van der Waals surface area contributed by atoms with Crippen LogP contribution < -0.4 is 0 Å². The molecule has 0 aromatic carbocycles. The third-order valence-corrected chi connectivity index (χ3v) is 4.66. The predicted molar refractivity (Wildman–Crippen MR) is 72.5 cm³/mol. The highest BCUT2D eigenvalue weighted by Crippen LogP contribution is 2.11. The summed E-state index contributed by atoms with van der Waals surface area (Å²) in [6.45, 7) is 3.87. The Balaban J connectivity index is 2.75. The Kier molecular flexibility index (Phi) is 5.47. The summed E-state index contributed by atoms with van der Waals surface area (Å²) in [5.74, 6) is -0.288. The fraction of sp³-hybridized carbons (Fsp3) is 0.538. The van der Waals surface area contributed by atoms with E-state index in [0.717, 1.165) is 6.42 Å². The molecule has 0 N–H and O–H groups in total. The van der Waals surface area contributed by atoms with Gasteiger partial charge in [0.25, 0.3) is 0 Å². The van der Waals surface area contributed by atoms with Crippen LogP contribution in [0.2, 0.25) is 0 Å². The van der Waals surface area contributed by atoms with Gasteiger partial charge in [-0.05, 0) is 18.1 Å². The van der Waals surface area contributed by atoms with E-state index in [-0.39, 0.29) is 17.4 Å². The molecule has 19 heavy (non-hydrogen) atoms. The molecule has 6 heteroatoms. The van der Waals surface area contributed by atoms with Gasteiger partial charge >= 0.3 is 5.97 Å². The Hall–Kier alpha value is -1.43. The Morgan fingerprint density at radius 2 is 2.11 bits per heavy atom. The molecule has 1 unspecified atom stereocenters. The zero-order valence-corrected chi connectivity index (χ0v) is 12.2. The van der Waals surface area contributed by atoms with Gasteiger partial charge < -0.3 is 4.74 Å². The molecular weight excluding hydrogens is 266 g/mol. The van der Waals surface area contributed by atoms with E-state index < -0.39 is 15.8 Å². The van der Waals surface area contributed by atoms with Crippen LogP contribution in [-0.2, 0) is 20.3 Å². The van der Waals surface area contributed by atoms with Gasteiger partial charge in [0.2, 0.25) is 0 Å². The lowest BCUT2D eigenvalue weighted by Crippen LogP contribution is -2.16. The SMILES string of the molecule is CCC(C)CS(=O)(=O)Cc1ccc(C(=O)OC)cn1. The fourth-order valence-corrected chi connectivity index (χ4v) is 3.43. The van der Waals surface area contributed by atoms with Gasteiger partial charge in [-0.15, -0.1) is 0 Å². The number of hydrogen-bond acceptors (Lipinski definition) is 5. The van der Waals surface area contributed by atoms with Crippen molar-refractivity contribution in [2.75, 3.05) is 12.9 Å². The maximum absolute atomic E-state index is 11.9. The molecule has 0 spiro atoms. The molecular formula is C13H19NO4S. The van der Waals surface area contributed by atoms with Crippen LogP contribution in [0.3, 0.4) is 0 Å². The molecule has 0 aliphatic heterocycles. The first kappa shape index (κ1) is 15.6. The van der Waals surface area contributed by atoms with Crippen LogP contribution in [-0.4, -0.2) is 32.2 Å². The van der Waals surface area contributed by atoms with Crippen LogP contribution in [0.25, 0.3) is 0 Å². The standard InChI is InChI=1S/C13H19NO4S/c1-4-10(2)8-19(16,17)9-12-6-5-11(7-14-12)13(15)18-3/h5-7,10H,4,8-9H2,1-3H3. The second-order valence-corrected chi connectivity index (χ2v) is 6.71. The van der Waals surface area contributed by atoms with Gasteiger partial charge in [-0.25, -0.2) is 13.2 Å². The van der Waals surface area contributed by atoms with Crippen LogP contribution in [0, 0.1) is 5.92 Å². The van der Waals surface area contributed by atoms with Crippen LogP contribution >= 0.6 is 0 Å². The summed E-state index contributed by atoms with van der Waals surface area (Å²) in [5, 5.41) is 0. The number of carbonyl (C=O) groups excluding carboxylic acids is 1. The van der Waals surface area contributed by atoms with Crippen molar-refractivity contribution in [3.8, 4) is 0 Å². The third kappa shape index (κ3) is 4.98. The maximum atomic E-state index is 11.9. The normalized spacial score (nSPS) is 13.0. The number of sulfone groups is 1. The molecule has 1 aromatic heterocycles. The van der Waals surface area contributed by atoms with Crippen molar-refractivity contribution in [3.05, 3.63) is 29.6 Å². The van der Waals surface area contributed by atoms with Gasteiger partial charge in [-0.2, -0.15) is 0 Å². The Bertz CT molecular complexity index is 522. The Morgan fingerprint density at radius 1 is 1.42 bits per heavy atom. The van der Waals surface area contributed by atoms with Gasteiger partial charge in [0.05, 0.1) is 29.9 Å². The lowest BCUT2D eigenvalue weighted by atomic mass is 10.2. The summed E-state index contributed by atoms with van der Waals surface area (Å²) in [6, 6.07) is 3.06. The van der Waals surface area contributed by atoms with Gasteiger partial charge in [0, 0.05) is 6.20 Å². The summed E-state index contributed by atoms with van der Waals surface area (Å²) in [6.07, 6.45) is 2.16. The first-order valence-electron chi connectivity index (χ1n) is 6.11. The molecule has 0 amide bonds. The van der Waals surface area contributed by atoms with E-state index in [1.54, 1.807) is 6.07 Å². The van der Waals surface area contributed by atoms with Gasteiger partial charge in [0.15, 0.2) is 9.84 Å². The van der Waals surface area contributed by atoms with Gasteiger partial charge in [0.1, 0.15) is 0 Å². The maximum Gasteiger partial charge on any atom is 0.339 e. The van der Waals surface area contributed by atoms with Crippen LogP contribution in [0.1, 0.15) is 36.3 Å². The zero-order valence-electron chi connectivity index (χ0n) is 11.4. The van der Waals surface area contributed by atoms with Gasteiger partial charge in [-0.1, -0.05) is 20.3 Å². The lowest BCUT2D eigenvalue weighted by molar-refractivity contribution is 0.0600. The molecule has 106 valence electrons. The average Bonchev–Trinajstić information content (AvgIpc) is 2.37. The Labute approximate surface area is 113 Å². The second-order valence-electron chi connectivity index (χ2n) is 4.60. The van der Waals surface area contributed by atoms with E-state index in [9.17, 15) is 13.2 Å². The first-order valence-corrected chi connectivity index (χ1v) is 7.93. The molecule has 0 fully saturated rings. The molecule has 0 aliphatic carbocycles. The summed E-state index contributed by atoms with van der Waals surface area (Å²) in [7, 11) is -1.88. The van der Waals surface area contributed by atoms with Crippen LogP contribution in [0.5, 0.6) is 0 Å². The van der Waals surface area contributed by atoms with Crippen molar-refractivity contribution in [1.29, 1.82) is 0 Å². The predicted octanol–water partition coefficient (Wildman–Crippen LogP) is 1.83. The van der Waals surface area contributed by atoms with Crippen molar-refractivity contribution in [2.24, 2.45) is 5.92 Å². The van der Waals surface area contributed by atoms with Crippen molar-refractivity contribution in [2.45, 2.75) is 26.0 Å². The number of rotatable bonds is 6. The van der Waals surface area contributed by atoms with Crippen molar-refractivity contribution in [3.63, 3.8) is 0 Å². The van der Waals surface area contributed by atoms with E-state index in [2.05, 4.69) is 9.72 Å². The summed E-state index contributed by atoms with van der Waals surface area (Å²) in [5.41, 5.74) is 0.751. The molecule has 0 bridgehead atoms. The number of carbonyl (C=O) groups is 1. The van der Waals surface area contributed by atoms with E-state index in [4.69, 9.17) is 0 Å². The highest BCUT2D eigenvalue weighted by molar-refractivity contribution is 7.90. The molecule has 0 saturated carbocycles. The smallest absolute Gasteiger partial charge is 0.339 e. The number of nitrogens with zero attached hydrogens (tertiary/aromatic N) is 1. The number of hydrogen-bond donors (Lipinski definition) is 0. The van der Waals surface area contributed by atoms with Crippen LogP contribution in [0.4, 0.5) is 0 Å². The lowest BCUT2D eigenvalue weighted by Gasteiger charge is -2.09. The average molecular weight is 285 g/mol. The minimum absolute atomic E-state index is 0.0984. The largest absolute Gasteiger partial charge is 0.465 e. The van der Waals surface area contributed by atoms with E-state index in [1.807, 2.05) is 13.8 Å². The first-order chi connectivity index (χ1) is 8.88. The summed E-state index contributed by atoms with van der Waals surface area (Å²) in [4.78, 5) is 15.2. The molecule has 0 aliphatic rings. The fourth-order valence-electron chi connectivity index (χ4n) is 1.58. The summed E-state index contributed by atoms with van der Waals surface area (Å²) >= 11 is 0. The molecule has 1 aromatic rings. The summed E-state index contributed by atoms with van der Waals surface area (Å²) < 4.78 is 28.4. The highest BCUT2D eigenvalue weighted by atomic mass is 32.2. The second kappa shape index (κ2) is 6.65. The third-order valence-electron chi connectivity index (χ3n) is 2.85. The molecule has 0 saturated heterocycles. The minimum atomic E-state index is -3.16. The highest BCUT2D eigenvalue weighted by Gasteiger charge is 2.16. The molecule has 0 radical (unpaired) electrons. The van der Waals surface area contributed by atoms with E-state index in [0.29, 0.717) is 11.3 Å². The van der Waals surface area contributed by atoms with Gasteiger partial charge in [-0.3, -0.25) is 4.98 Å². The van der Waals surface area contributed by atoms with Crippen LogP contribution in [0.15, 0.2) is 18.3 Å². The van der Waals surface area contributed by atoms with Crippen molar-refractivity contribution >= 4 is 15.8 Å². The van der Waals surface area contributed by atoms with E-state index >= 15 is 0 Å². The number of methoxy groups -OCH3 is 1. The Morgan fingerprint density at radius 3 is 2.58 bits per heavy atom.